The average Bonchev–Trinajstić information content (AvgIpc) is 3.68. The quantitative estimate of drug-likeness (QED) is 0.201. The van der Waals surface area contributed by atoms with Gasteiger partial charge in [0.15, 0.2) is 0 Å². The Bertz CT molecular complexity index is 2810. The zero-order chi connectivity index (χ0) is 30.2. The number of fused-ring (bicyclic) bond motifs is 11. The summed E-state index contributed by atoms with van der Waals surface area (Å²) in [4.78, 5) is 10.7. The zero-order valence-electron chi connectivity index (χ0n) is 24.7. The van der Waals surface area contributed by atoms with Crippen LogP contribution in [0.1, 0.15) is 0 Å². The van der Waals surface area contributed by atoms with Gasteiger partial charge in [0.1, 0.15) is 0 Å². The Labute approximate surface area is 268 Å². The first-order chi connectivity index (χ1) is 22.8. The second kappa shape index (κ2) is 9.83. The van der Waals surface area contributed by atoms with E-state index in [4.69, 9.17) is 9.97 Å². The van der Waals surface area contributed by atoms with Crippen LogP contribution in [0.4, 0.5) is 0 Å². The smallest absolute Gasteiger partial charge is 0.235 e. The number of aromatic nitrogens is 3. The third kappa shape index (κ3) is 3.65. The van der Waals surface area contributed by atoms with E-state index in [9.17, 15) is 0 Å². The maximum atomic E-state index is 5.46. The number of benzene rings is 7. The van der Waals surface area contributed by atoms with Crippen molar-refractivity contribution in [2.45, 2.75) is 0 Å². The topological polar surface area (TPSA) is 30.7 Å². The van der Waals surface area contributed by atoms with E-state index in [0.29, 0.717) is 5.95 Å². The fourth-order valence-corrected chi connectivity index (χ4v) is 8.43. The predicted molar refractivity (Wildman–Crippen MR) is 195 cm³/mol. The molecule has 3 nitrogen and oxygen atoms in total. The van der Waals surface area contributed by atoms with Crippen LogP contribution in [0.25, 0.3) is 92.0 Å². The lowest BCUT2D eigenvalue weighted by Gasteiger charge is -2.13. The van der Waals surface area contributed by atoms with Crippen LogP contribution in [0.3, 0.4) is 0 Å². The summed E-state index contributed by atoms with van der Waals surface area (Å²) >= 11 is 1.87. The summed E-state index contributed by atoms with van der Waals surface area (Å²) in [6.07, 6.45) is 0. The van der Waals surface area contributed by atoms with E-state index < -0.39 is 0 Å². The monoisotopic (exact) mass is 603 g/mol. The first kappa shape index (κ1) is 25.5. The van der Waals surface area contributed by atoms with Crippen molar-refractivity contribution in [1.82, 2.24) is 14.5 Å². The molecule has 0 spiro atoms. The molecule has 0 amide bonds. The van der Waals surface area contributed by atoms with Crippen molar-refractivity contribution < 1.29 is 0 Å². The molecular weight excluding hydrogens is 579 g/mol. The minimum absolute atomic E-state index is 0.678. The van der Waals surface area contributed by atoms with Gasteiger partial charge in [0.25, 0.3) is 0 Å². The summed E-state index contributed by atoms with van der Waals surface area (Å²) in [5.74, 6) is 0.678. The highest BCUT2D eigenvalue weighted by molar-refractivity contribution is 7.27. The van der Waals surface area contributed by atoms with E-state index in [-0.39, 0.29) is 0 Å². The van der Waals surface area contributed by atoms with Gasteiger partial charge >= 0.3 is 0 Å². The Morgan fingerprint density at radius 3 is 1.98 bits per heavy atom. The summed E-state index contributed by atoms with van der Waals surface area (Å²) in [6, 6.07) is 53.9. The fourth-order valence-electron chi connectivity index (χ4n) is 7.19. The molecule has 10 rings (SSSR count). The standard InChI is InChI=1S/C42H25N3S/c1-2-13-26(14-3-1)27-15-12-16-28(25-27)39-31-19-6-9-22-34(31)43-42(44-39)45-35-23-10-7-20-32(35)37-29-17-4-5-18-30(29)41-38(40(37)45)33-21-8-11-24-36(33)46-41/h1-25H. The zero-order valence-corrected chi connectivity index (χ0v) is 25.5. The molecule has 214 valence electrons. The minimum Gasteiger partial charge on any atom is -0.277 e. The lowest BCUT2D eigenvalue weighted by molar-refractivity contribution is 1.02. The van der Waals surface area contributed by atoms with Crippen LogP contribution in [0.5, 0.6) is 0 Å². The van der Waals surface area contributed by atoms with Gasteiger partial charge in [-0.3, -0.25) is 4.57 Å². The Morgan fingerprint density at radius 1 is 0.457 bits per heavy atom. The molecular formula is C42H25N3S. The van der Waals surface area contributed by atoms with Crippen molar-refractivity contribution in [1.29, 1.82) is 0 Å². The molecule has 0 saturated heterocycles. The minimum atomic E-state index is 0.678. The van der Waals surface area contributed by atoms with Gasteiger partial charge in [-0.1, -0.05) is 127 Å². The molecule has 0 bridgehead atoms. The van der Waals surface area contributed by atoms with E-state index in [0.717, 1.165) is 38.8 Å². The number of hydrogen-bond acceptors (Lipinski definition) is 3. The molecule has 0 aliphatic heterocycles. The van der Waals surface area contributed by atoms with Crippen LogP contribution in [-0.2, 0) is 0 Å². The summed E-state index contributed by atoms with van der Waals surface area (Å²) in [5, 5.41) is 8.54. The molecule has 0 radical (unpaired) electrons. The molecule has 0 fully saturated rings. The summed E-state index contributed by atoms with van der Waals surface area (Å²) in [6.45, 7) is 0. The van der Waals surface area contributed by atoms with Gasteiger partial charge in [-0.15, -0.1) is 11.3 Å². The Kier molecular flexibility index (Phi) is 5.45. The van der Waals surface area contributed by atoms with Crippen LogP contribution in [0, 0.1) is 0 Å². The van der Waals surface area contributed by atoms with Crippen molar-refractivity contribution in [2.75, 3.05) is 0 Å². The van der Waals surface area contributed by atoms with Crippen molar-refractivity contribution in [2.24, 2.45) is 0 Å². The van der Waals surface area contributed by atoms with Gasteiger partial charge in [0.05, 0.1) is 22.2 Å². The highest BCUT2D eigenvalue weighted by Crippen LogP contribution is 2.47. The number of rotatable bonds is 3. The van der Waals surface area contributed by atoms with Crippen LogP contribution < -0.4 is 0 Å². The number of nitrogens with zero attached hydrogens (tertiary/aromatic N) is 3. The molecule has 0 atom stereocenters. The summed E-state index contributed by atoms with van der Waals surface area (Å²) < 4.78 is 4.89. The van der Waals surface area contributed by atoms with Gasteiger partial charge in [-0.25, -0.2) is 9.97 Å². The molecule has 0 aliphatic rings. The van der Waals surface area contributed by atoms with Crippen molar-refractivity contribution in [3.05, 3.63) is 152 Å². The molecule has 0 saturated carbocycles. The first-order valence-electron chi connectivity index (χ1n) is 15.5. The lowest BCUT2D eigenvalue weighted by Crippen LogP contribution is -2.03. The molecule has 46 heavy (non-hydrogen) atoms. The van der Waals surface area contributed by atoms with Crippen LogP contribution in [0.2, 0.25) is 0 Å². The number of thiophene rings is 1. The SMILES string of the molecule is c1ccc(-c2cccc(-c3nc(-n4c5ccccc5c5c6ccccc6c6sc7ccccc7c6c54)nc4ccccc34)c2)cc1. The van der Waals surface area contributed by atoms with E-state index in [1.807, 2.05) is 11.3 Å². The van der Waals surface area contributed by atoms with Gasteiger partial charge < -0.3 is 0 Å². The highest BCUT2D eigenvalue weighted by Gasteiger charge is 2.23. The van der Waals surface area contributed by atoms with Crippen molar-refractivity contribution in [3.8, 4) is 28.3 Å². The lowest BCUT2D eigenvalue weighted by atomic mass is 10.00. The Balaban J connectivity index is 1.37. The molecule has 0 N–H and O–H groups in total. The largest absolute Gasteiger partial charge is 0.277 e. The fraction of sp³-hybridized carbons (Fsp3) is 0. The molecule has 3 aromatic heterocycles. The molecule has 0 unspecified atom stereocenters. The van der Waals surface area contributed by atoms with Crippen molar-refractivity contribution >= 4 is 75.0 Å². The summed E-state index contributed by atoms with van der Waals surface area (Å²) in [5.41, 5.74) is 7.53. The molecule has 3 heterocycles. The van der Waals surface area contributed by atoms with E-state index in [2.05, 4.69) is 156 Å². The molecule has 7 aromatic carbocycles. The van der Waals surface area contributed by atoms with Gasteiger partial charge in [0.2, 0.25) is 5.95 Å². The van der Waals surface area contributed by atoms with Crippen LogP contribution >= 0.6 is 11.3 Å². The third-order valence-corrected chi connectivity index (χ3v) is 10.4. The third-order valence-electron chi connectivity index (χ3n) is 9.18. The second-order valence-corrected chi connectivity index (χ2v) is 12.8. The van der Waals surface area contributed by atoms with E-state index in [1.54, 1.807) is 0 Å². The normalized spacial score (nSPS) is 11.9. The maximum Gasteiger partial charge on any atom is 0.235 e. The Morgan fingerprint density at radius 2 is 1.11 bits per heavy atom. The number of hydrogen-bond donors (Lipinski definition) is 0. The van der Waals surface area contributed by atoms with E-state index in [1.165, 1.54) is 47.3 Å². The summed E-state index contributed by atoms with van der Waals surface area (Å²) in [7, 11) is 0. The average molecular weight is 604 g/mol. The molecule has 0 aliphatic carbocycles. The van der Waals surface area contributed by atoms with Crippen molar-refractivity contribution in [3.63, 3.8) is 0 Å². The second-order valence-electron chi connectivity index (χ2n) is 11.8. The van der Waals surface area contributed by atoms with E-state index >= 15 is 0 Å². The molecule has 10 aromatic rings. The van der Waals surface area contributed by atoms with Crippen LogP contribution in [-0.4, -0.2) is 14.5 Å². The van der Waals surface area contributed by atoms with Gasteiger partial charge in [0, 0.05) is 47.3 Å². The maximum absolute atomic E-state index is 5.46. The molecule has 4 heteroatoms. The number of para-hydroxylation sites is 2. The first-order valence-corrected chi connectivity index (χ1v) is 16.3. The highest BCUT2D eigenvalue weighted by atomic mass is 32.1. The Hall–Kier alpha value is -5.84. The van der Waals surface area contributed by atoms with Gasteiger partial charge in [-0.2, -0.15) is 0 Å². The van der Waals surface area contributed by atoms with Crippen LogP contribution in [0.15, 0.2) is 152 Å². The predicted octanol–water partition coefficient (Wildman–Crippen LogP) is 11.6. The van der Waals surface area contributed by atoms with Gasteiger partial charge in [-0.05, 0) is 40.8 Å².